The number of rotatable bonds is 6. The van der Waals surface area contributed by atoms with Crippen LogP contribution in [0.1, 0.15) is 20.3 Å². The summed E-state index contributed by atoms with van der Waals surface area (Å²) >= 11 is 0. The van der Waals surface area contributed by atoms with Crippen LogP contribution in [0.15, 0.2) is 24.3 Å². The number of carbonyl (C=O) groups is 1. The van der Waals surface area contributed by atoms with E-state index in [9.17, 15) is 18.0 Å². The molecule has 0 spiro atoms. The highest BCUT2D eigenvalue weighted by atomic mass is 19.4. The van der Waals surface area contributed by atoms with Crippen LogP contribution in [0.25, 0.3) is 0 Å². The fraction of sp³-hybridized carbons (Fsp3) is 0.588. The quantitative estimate of drug-likeness (QED) is 0.848. The second-order valence-electron chi connectivity index (χ2n) is 6.12. The minimum atomic E-state index is -4.72. The number of halogens is 3. The van der Waals surface area contributed by atoms with Crippen molar-refractivity contribution >= 4 is 11.6 Å². The first-order chi connectivity index (χ1) is 11.8. The van der Waals surface area contributed by atoms with E-state index in [1.54, 1.807) is 0 Å². The van der Waals surface area contributed by atoms with Crippen LogP contribution in [-0.2, 0) is 4.79 Å². The molecule has 1 fully saturated rings. The molecule has 0 bridgehead atoms. The van der Waals surface area contributed by atoms with Crippen LogP contribution in [0, 0.1) is 0 Å². The molecule has 1 aliphatic rings. The standard InChI is InChI=1S/C17H24F3N3O2/c1-3-8-22-9-11-23(12-10-22)13(2)16(24)21-14-4-6-15(7-5-14)25-17(18,19)20/h4-7,13H,3,8-12H2,1-2H3,(H,21,24)/t13-/m1/s1. The van der Waals surface area contributed by atoms with Gasteiger partial charge < -0.3 is 15.0 Å². The maximum atomic E-state index is 12.4. The minimum Gasteiger partial charge on any atom is -0.406 e. The van der Waals surface area contributed by atoms with Crippen LogP contribution in [0.4, 0.5) is 18.9 Å². The zero-order valence-electron chi connectivity index (χ0n) is 14.5. The van der Waals surface area contributed by atoms with Crippen molar-refractivity contribution in [1.29, 1.82) is 0 Å². The van der Waals surface area contributed by atoms with E-state index in [0.29, 0.717) is 5.69 Å². The third-order valence-corrected chi connectivity index (χ3v) is 4.23. The van der Waals surface area contributed by atoms with E-state index in [2.05, 4.69) is 26.8 Å². The lowest BCUT2D eigenvalue weighted by atomic mass is 10.2. The summed E-state index contributed by atoms with van der Waals surface area (Å²) in [6, 6.07) is 4.85. The summed E-state index contributed by atoms with van der Waals surface area (Å²) in [5, 5.41) is 2.73. The summed E-state index contributed by atoms with van der Waals surface area (Å²) in [7, 11) is 0. The van der Waals surface area contributed by atoms with Gasteiger partial charge in [-0.2, -0.15) is 0 Å². The molecule has 25 heavy (non-hydrogen) atoms. The number of nitrogens with one attached hydrogen (secondary N) is 1. The maximum absolute atomic E-state index is 12.4. The summed E-state index contributed by atoms with van der Waals surface area (Å²) < 4.78 is 40.2. The second-order valence-corrected chi connectivity index (χ2v) is 6.12. The summed E-state index contributed by atoms with van der Waals surface area (Å²) in [6.45, 7) is 8.59. The van der Waals surface area contributed by atoms with Crippen LogP contribution in [0.2, 0.25) is 0 Å². The van der Waals surface area contributed by atoms with E-state index in [-0.39, 0.29) is 17.7 Å². The Bertz CT molecular complexity index is 555. The number of anilines is 1. The Kier molecular flexibility index (Phi) is 6.66. The van der Waals surface area contributed by atoms with E-state index >= 15 is 0 Å². The smallest absolute Gasteiger partial charge is 0.406 e. The van der Waals surface area contributed by atoms with Gasteiger partial charge in [-0.25, -0.2) is 0 Å². The van der Waals surface area contributed by atoms with Gasteiger partial charge in [0.2, 0.25) is 5.91 Å². The van der Waals surface area contributed by atoms with Gasteiger partial charge in [0, 0.05) is 31.9 Å². The molecule has 1 saturated heterocycles. The molecule has 0 saturated carbocycles. The molecule has 5 nitrogen and oxygen atoms in total. The Morgan fingerprint density at radius 1 is 1.20 bits per heavy atom. The molecule has 1 aromatic rings. The number of amides is 1. The first kappa shape index (κ1) is 19.5. The number of ether oxygens (including phenoxy) is 1. The van der Waals surface area contributed by atoms with E-state index in [1.165, 1.54) is 24.3 Å². The van der Waals surface area contributed by atoms with Crippen molar-refractivity contribution in [2.45, 2.75) is 32.7 Å². The zero-order valence-corrected chi connectivity index (χ0v) is 14.5. The van der Waals surface area contributed by atoms with Gasteiger partial charge in [-0.3, -0.25) is 9.69 Å². The van der Waals surface area contributed by atoms with E-state index in [0.717, 1.165) is 39.1 Å². The number of piperazine rings is 1. The summed E-state index contributed by atoms with van der Waals surface area (Å²) in [4.78, 5) is 16.8. The molecule has 8 heteroatoms. The Hall–Kier alpha value is -1.80. The molecule has 0 radical (unpaired) electrons. The summed E-state index contributed by atoms with van der Waals surface area (Å²) in [5.74, 6) is -0.487. The van der Waals surface area contributed by atoms with Gasteiger partial charge in [0.15, 0.2) is 0 Å². The molecule has 1 heterocycles. The van der Waals surface area contributed by atoms with Crippen LogP contribution in [0.5, 0.6) is 5.75 Å². The normalized spacial score (nSPS) is 18.0. The molecule has 1 aliphatic heterocycles. The maximum Gasteiger partial charge on any atom is 0.573 e. The number of carbonyl (C=O) groups excluding carboxylic acids is 1. The average molecular weight is 359 g/mol. The third-order valence-electron chi connectivity index (χ3n) is 4.23. The first-order valence-electron chi connectivity index (χ1n) is 8.41. The molecule has 0 aliphatic carbocycles. The van der Waals surface area contributed by atoms with Crippen LogP contribution >= 0.6 is 0 Å². The third kappa shape index (κ3) is 6.21. The molecule has 1 amide bonds. The number of benzene rings is 1. The van der Waals surface area contributed by atoms with Crippen molar-refractivity contribution in [2.24, 2.45) is 0 Å². The Balaban J connectivity index is 1.85. The van der Waals surface area contributed by atoms with Gasteiger partial charge in [-0.15, -0.1) is 13.2 Å². The minimum absolute atomic E-state index is 0.173. The van der Waals surface area contributed by atoms with Gasteiger partial charge in [0.25, 0.3) is 0 Å². The fourth-order valence-corrected chi connectivity index (χ4v) is 2.84. The Labute approximate surface area is 145 Å². The van der Waals surface area contributed by atoms with E-state index < -0.39 is 6.36 Å². The van der Waals surface area contributed by atoms with Gasteiger partial charge in [-0.1, -0.05) is 6.92 Å². The highest BCUT2D eigenvalue weighted by Crippen LogP contribution is 2.24. The number of hydrogen-bond donors (Lipinski definition) is 1. The molecule has 1 atom stereocenters. The first-order valence-corrected chi connectivity index (χ1v) is 8.41. The Morgan fingerprint density at radius 3 is 2.32 bits per heavy atom. The lowest BCUT2D eigenvalue weighted by Gasteiger charge is -2.37. The molecule has 140 valence electrons. The number of nitrogens with zero attached hydrogens (tertiary/aromatic N) is 2. The molecule has 0 aromatic heterocycles. The SMILES string of the molecule is CCCN1CCN([C@H](C)C(=O)Nc2ccc(OC(F)(F)F)cc2)CC1. The van der Waals surface area contributed by atoms with Crippen molar-refractivity contribution in [3.05, 3.63) is 24.3 Å². The highest BCUT2D eigenvalue weighted by molar-refractivity contribution is 5.94. The monoisotopic (exact) mass is 359 g/mol. The van der Waals surface area contributed by atoms with Gasteiger partial charge in [0.05, 0.1) is 6.04 Å². The van der Waals surface area contributed by atoms with Gasteiger partial charge in [-0.05, 0) is 44.2 Å². The zero-order chi connectivity index (χ0) is 18.4. The second kappa shape index (κ2) is 8.53. The Morgan fingerprint density at radius 2 is 1.80 bits per heavy atom. The topological polar surface area (TPSA) is 44.8 Å². The fourth-order valence-electron chi connectivity index (χ4n) is 2.84. The molecular weight excluding hydrogens is 335 g/mol. The largest absolute Gasteiger partial charge is 0.573 e. The lowest BCUT2D eigenvalue weighted by Crippen LogP contribution is -2.52. The van der Waals surface area contributed by atoms with Crippen molar-refractivity contribution < 1.29 is 22.7 Å². The molecule has 2 rings (SSSR count). The number of alkyl halides is 3. The van der Waals surface area contributed by atoms with Gasteiger partial charge >= 0.3 is 6.36 Å². The summed E-state index contributed by atoms with van der Waals surface area (Å²) in [5.41, 5.74) is 0.441. The van der Waals surface area contributed by atoms with Crippen molar-refractivity contribution in [3.8, 4) is 5.75 Å². The summed E-state index contributed by atoms with van der Waals surface area (Å²) in [6.07, 6.45) is -3.61. The molecule has 0 unspecified atom stereocenters. The van der Waals surface area contributed by atoms with Crippen molar-refractivity contribution in [2.75, 3.05) is 38.0 Å². The van der Waals surface area contributed by atoms with Crippen LogP contribution in [-0.4, -0.2) is 60.8 Å². The predicted octanol–water partition coefficient (Wildman–Crippen LogP) is 2.94. The average Bonchev–Trinajstić information content (AvgIpc) is 2.55. The van der Waals surface area contributed by atoms with Gasteiger partial charge in [0.1, 0.15) is 5.75 Å². The lowest BCUT2D eigenvalue weighted by molar-refractivity contribution is -0.274. The molecular formula is C17H24F3N3O2. The van der Waals surface area contributed by atoms with Crippen LogP contribution in [0.3, 0.4) is 0 Å². The van der Waals surface area contributed by atoms with Crippen molar-refractivity contribution in [1.82, 2.24) is 9.80 Å². The van der Waals surface area contributed by atoms with E-state index in [1.807, 2.05) is 6.92 Å². The number of hydrogen-bond acceptors (Lipinski definition) is 4. The molecule has 1 aromatic carbocycles. The highest BCUT2D eigenvalue weighted by Gasteiger charge is 2.31. The molecule has 1 N–H and O–H groups in total. The van der Waals surface area contributed by atoms with Crippen molar-refractivity contribution in [3.63, 3.8) is 0 Å². The van der Waals surface area contributed by atoms with E-state index in [4.69, 9.17) is 0 Å². The predicted molar refractivity (Wildman–Crippen MR) is 89.5 cm³/mol. The van der Waals surface area contributed by atoms with Crippen LogP contribution < -0.4 is 10.1 Å².